The van der Waals surface area contributed by atoms with Crippen LogP contribution in [0, 0.1) is 64.4 Å². The third-order valence-corrected chi connectivity index (χ3v) is 36.1. The van der Waals surface area contributed by atoms with E-state index in [2.05, 4.69) is 240 Å². The second-order valence-corrected chi connectivity index (χ2v) is 64.1. The molecule has 716 valence electrons. The highest BCUT2D eigenvalue weighted by atomic mass is 28.3. The van der Waals surface area contributed by atoms with Crippen molar-refractivity contribution in [3.63, 3.8) is 0 Å². The topological polar surface area (TPSA) is 41.1 Å². The minimum atomic E-state index is -1.76. The van der Waals surface area contributed by atoms with Gasteiger partial charge in [0, 0.05) is 90.8 Å². The number of nitrogens with zero attached hydrogens (tertiary/aromatic N) is 6. The Balaban J connectivity index is 0.000000183. The maximum atomic E-state index is 17.4. The van der Waals surface area contributed by atoms with Gasteiger partial charge in [-0.3, -0.25) is 0 Å². The number of hydrogen-bond acceptors (Lipinski definition) is 5. The minimum Gasteiger partial charge on any atom is -0.307 e. The van der Waals surface area contributed by atoms with E-state index in [0.717, 1.165) is 123 Å². The molecule has 0 aliphatic carbocycles. The van der Waals surface area contributed by atoms with Gasteiger partial charge in [0.1, 0.15) is 23.3 Å². The molecule has 0 aliphatic heterocycles. The van der Waals surface area contributed by atoms with Crippen LogP contribution in [0.5, 0.6) is 0 Å². The highest BCUT2D eigenvalue weighted by Crippen LogP contribution is 2.56. The van der Waals surface area contributed by atoms with Crippen LogP contribution in [0.1, 0.15) is 58.2 Å². The summed E-state index contributed by atoms with van der Waals surface area (Å²) in [6.45, 7) is 47.6. The monoisotopic (exact) mass is 1970 g/mol. The van der Waals surface area contributed by atoms with Crippen molar-refractivity contribution in [3.05, 3.63) is 414 Å². The summed E-state index contributed by atoms with van der Waals surface area (Å²) in [5, 5.41) is 25.2. The third kappa shape index (κ3) is 18.4. The molecule has 6 nitrogen and oxygen atoms in total. The first-order valence-corrected chi connectivity index (χ1v) is 62.6. The van der Waals surface area contributed by atoms with E-state index in [1.54, 1.807) is 48.5 Å². The van der Waals surface area contributed by atoms with Gasteiger partial charge in [0.15, 0.2) is 29.0 Å². The first kappa shape index (κ1) is 97.8. The third-order valence-electron chi connectivity index (χ3n) is 27.9. The van der Waals surface area contributed by atoms with Gasteiger partial charge in [-0.05, 0) is 196 Å². The number of halogens is 8. The van der Waals surface area contributed by atoms with Crippen molar-refractivity contribution in [3.8, 4) is 50.6 Å². The van der Waals surface area contributed by atoms with Crippen LogP contribution in [0.25, 0.3) is 114 Å². The lowest BCUT2D eigenvalue weighted by Crippen LogP contribution is -2.37. The highest BCUT2D eigenvalue weighted by Gasteiger charge is 2.36. The average Bonchev–Trinajstić information content (AvgIpc) is 0.714. The normalized spacial score (nSPS) is 12.2. The Bertz CT molecular complexity index is 8000. The Morgan fingerprint density at radius 2 is 0.500 bits per heavy atom. The maximum Gasteiger partial charge on any atom is 0.187 e. The van der Waals surface area contributed by atoms with Crippen molar-refractivity contribution in [2.75, 3.05) is 19.6 Å². The molecule has 0 spiro atoms. The summed E-state index contributed by atoms with van der Waals surface area (Å²) in [5.74, 6) is -5.70. The van der Waals surface area contributed by atoms with E-state index in [9.17, 15) is 5.26 Å². The smallest absolute Gasteiger partial charge is 0.187 e. The second kappa shape index (κ2) is 37.4. The van der Waals surface area contributed by atoms with Crippen molar-refractivity contribution in [1.29, 1.82) is 5.26 Å². The van der Waals surface area contributed by atoms with E-state index < -0.39 is 78.8 Å². The van der Waals surface area contributed by atoms with Gasteiger partial charge in [0.25, 0.3) is 0 Å². The quantitative estimate of drug-likeness (QED) is 0.0329. The molecular weight excluding hydrogens is 1860 g/mol. The van der Waals surface area contributed by atoms with E-state index >= 15 is 35.1 Å². The molecule has 20 aromatic carbocycles. The molecule has 144 heavy (non-hydrogen) atoms. The Hall–Kier alpha value is -15.0. The fourth-order valence-corrected chi connectivity index (χ4v) is 25.2. The van der Waals surface area contributed by atoms with Gasteiger partial charge < -0.3 is 19.6 Å². The molecule has 0 amide bonds. The van der Waals surface area contributed by atoms with Crippen LogP contribution in [0.4, 0.5) is 109 Å². The van der Waals surface area contributed by atoms with Gasteiger partial charge >= 0.3 is 0 Å². The van der Waals surface area contributed by atoms with E-state index in [-0.39, 0.29) is 33.6 Å². The van der Waals surface area contributed by atoms with Crippen LogP contribution >= 0.6 is 0 Å². The minimum absolute atomic E-state index is 0.138. The lowest BCUT2D eigenvalue weighted by Gasteiger charge is -2.33. The SMILES string of the molecule is CC(C)(C)c1ccccc1-c1cc(F)cc(F)c1N(c1ccc([Si](C)(C)C)cc1)c1ccc2ccc3c(N(c4ccc([Si](C)(C)C)cc4)c4c(F)cc(F)cc4-c4ccccc4C(C)(C)C)ccc4ccc1c2c43.[C-]#[N+]c1ccc(-c2cc(F)cc(F)c2N(c2ccc([Si](C)(C)C)cc2)c2ccc3ccc4c(N(c5ccc([Si](C)(C)C)cc5)c5c(F)cc(F)cc5-c5ccc(C#N)cc5)ccc5ccc2c3c54)cc1. The van der Waals surface area contributed by atoms with E-state index in [4.69, 9.17) is 6.57 Å². The largest absolute Gasteiger partial charge is 0.307 e. The molecular formula is C126H110F8N6Si4. The van der Waals surface area contributed by atoms with Gasteiger partial charge in [-0.2, -0.15) is 5.26 Å². The van der Waals surface area contributed by atoms with Crippen LogP contribution in [-0.2, 0) is 10.8 Å². The molecule has 0 saturated heterocycles. The Labute approximate surface area is 841 Å². The molecule has 0 saturated carbocycles. The van der Waals surface area contributed by atoms with Crippen LogP contribution in [0.2, 0.25) is 78.6 Å². The van der Waals surface area contributed by atoms with Crippen molar-refractivity contribution in [2.45, 2.75) is 131 Å². The lowest BCUT2D eigenvalue weighted by molar-refractivity contribution is 0.582. The van der Waals surface area contributed by atoms with Crippen LogP contribution in [0.15, 0.2) is 340 Å². The van der Waals surface area contributed by atoms with Crippen LogP contribution in [-0.4, -0.2) is 32.3 Å². The van der Waals surface area contributed by atoms with Crippen molar-refractivity contribution in [2.24, 2.45) is 0 Å². The zero-order valence-corrected chi connectivity index (χ0v) is 88.0. The lowest BCUT2D eigenvalue weighted by atomic mass is 9.81. The summed E-state index contributed by atoms with van der Waals surface area (Å²) >= 11 is 0. The fraction of sp³-hybridized carbons (Fsp3) is 0.159. The summed E-state index contributed by atoms with van der Waals surface area (Å²) in [6, 6.07) is 107. The number of anilines is 12. The molecule has 20 rings (SSSR count). The van der Waals surface area contributed by atoms with E-state index in [0.29, 0.717) is 78.8 Å². The van der Waals surface area contributed by atoms with Gasteiger partial charge in [-0.15, -0.1) is 0 Å². The number of nitriles is 1. The van der Waals surface area contributed by atoms with Gasteiger partial charge in [-0.25, -0.2) is 40.0 Å². The van der Waals surface area contributed by atoms with Gasteiger partial charge in [0.2, 0.25) is 0 Å². The van der Waals surface area contributed by atoms with Crippen molar-refractivity contribution >= 4 is 192 Å². The Kier molecular flexibility index (Phi) is 25.4. The fourth-order valence-electron chi connectivity index (χ4n) is 20.5. The first-order chi connectivity index (χ1) is 68.4. The highest BCUT2D eigenvalue weighted by molar-refractivity contribution is 6.90. The summed E-state index contributed by atoms with van der Waals surface area (Å²) in [6.07, 6.45) is 0. The molecule has 0 aromatic heterocycles. The van der Waals surface area contributed by atoms with Crippen LogP contribution < -0.4 is 40.3 Å². The van der Waals surface area contributed by atoms with Crippen molar-refractivity contribution < 1.29 is 35.1 Å². The second-order valence-electron chi connectivity index (χ2n) is 43.8. The van der Waals surface area contributed by atoms with Gasteiger partial charge in [0.05, 0.1) is 96.0 Å². The summed E-state index contributed by atoms with van der Waals surface area (Å²) in [4.78, 5) is 11.2. The first-order valence-electron chi connectivity index (χ1n) is 48.6. The number of benzene rings is 20. The van der Waals surface area contributed by atoms with Gasteiger partial charge in [-0.1, -0.05) is 347 Å². The zero-order valence-electron chi connectivity index (χ0n) is 84.0. The molecule has 0 atom stereocenters. The molecule has 0 heterocycles. The summed E-state index contributed by atoms with van der Waals surface area (Å²) in [5.41, 5.74) is 12.4. The molecule has 0 unspecified atom stereocenters. The molecule has 0 fully saturated rings. The standard InChI is InChI=1S/C66H64F4N2Si2.C60H46F4N4Si2/c1-65(2,3)55-19-15-13-17-49(55)53-37-43(67)39-57(69)63(53)71(45-25-29-47(30-26-45)73(7,8)9)59-35-23-41-22-34-52-60(36-24-42-21-33-51(59)61(41)62(42)52)72(46-27-31-48(32-28-46)74(10,11)12)64-54(38-44(68)40-58(64)70)50-18-14-16-20-56(50)66(4,5)6;1-66-44-18-12-39(13-19-44)52-33-43(62)35-54(64)60(52)68(46-22-26-48(27-23-46)70(5,6)7)56-31-17-41-14-28-49-55(30-16-40-15-29-50(56)58(41)57(40)49)67(45-20-24-47(25-21-45)69(2,3)4)59-51(32-42(61)34-53(59)63)38-10-8-37(36-65)9-11-38/h13-40H,1-12H3;8-35H,2-7H3. The zero-order chi connectivity index (χ0) is 102. The molecule has 0 aliphatic rings. The molecule has 18 heteroatoms. The number of hydrogen-bond donors (Lipinski definition) is 0. The Morgan fingerprint density at radius 1 is 0.264 bits per heavy atom. The molecule has 20 aromatic rings. The number of rotatable bonds is 20. The van der Waals surface area contributed by atoms with E-state index in [1.165, 1.54) is 45.0 Å². The summed E-state index contributed by atoms with van der Waals surface area (Å²) < 4.78 is 132. The predicted molar refractivity (Wildman–Crippen MR) is 601 cm³/mol. The molecule has 0 radical (unpaired) electrons. The summed E-state index contributed by atoms with van der Waals surface area (Å²) in [7, 11) is -7.02. The average molecular weight is 1970 g/mol. The predicted octanol–water partition coefficient (Wildman–Crippen LogP) is 36.0. The van der Waals surface area contributed by atoms with E-state index in [1.807, 2.05) is 153 Å². The Morgan fingerprint density at radius 3 is 0.743 bits per heavy atom. The van der Waals surface area contributed by atoms with Crippen molar-refractivity contribution in [1.82, 2.24) is 0 Å². The maximum absolute atomic E-state index is 17.4. The van der Waals surface area contributed by atoms with Crippen LogP contribution in [0.3, 0.4) is 0 Å². The molecule has 0 N–H and O–H groups in total. The molecule has 0 bridgehead atoms.